The Bertz CT molecular complexity index is 922. The fraction of sp³-hybridized carbons (Fsp3) is 0.357. The molecule has 0 aliphatic heterocycles. The van der Waals surface area contributed by atoms with Gasteiger partial charge in [-0.3, -0.25) is 0 Å². The molecule has 0 amide bonds. The summed E-state index contributed by atoms with van der Waals surface area (Å²) in [7, 11) is 0. The van der Waals surface area contributed by atoms with Crippen LogP contribution in [-0.4, -0.2) is 6.61 Å². The summed E-state index contributed by atoms with van der Waals surface area (Å²) in [6.45, 7) is 5.16. The molecule has 1 unspecified atom stereocenters. The van der Waals surface area contributed by atoms with Gasteiger partial charge in [0.1, 0.15) is 5.75 Å². The molecule has 0 radical (unpaired) electrons. The normalized spacial score (nSPS) is 15.7. The van der Waals surface area contributed by atoms with Gasteiger partial charge in [-0.2, -0.15) is 0 Å². The van der Waals surface area contributed by atoms with Crippen LogP contribution in [0.5, 0.6) is 5.75 Å². The van der Waals surface area contributed by atoms with Gasteiger partial charge in [-0.1, -0.05) is 74.9 Å². The summed E-state index contributed by atoms with van der Waals surface area (Å²) in [5.74, 6) is 1.61. The number of hydrogen-bond donors (Lipinski definition) is 0. The lowest BCUT2D eigenvalue weighted by Gasteiger charge is -2.26. The van der Waals surface area contributed by atoms with Crippen molar-refractivity contribution in [3.05, 3.63) is 89.0 Å². The third-order valence-corrected chi connectivity index (χ3v) is 6.09. The number of aryl methyl sites for hydroxylation is 2. The van der Waals surface area contributed by atoms with Crippen LogP contribution in [0, 0.1) is 0 Å². The Morgan fingerprint density at radius 1 is 0.793 bits per heavy atom. The minimum absolute atomic E-state index is 0.652. The SMILES string of the molecule is CCCOc1ccc(-c2ccc3c(c2)CCC(c2ccc(CCC)cc2)C3)cc1. The lowest BCUT2D eigenvalue weighted by atomic mass is 9.79. The van der Waals surface area contributed by atoms with Crippen LogP contribution in [0.25, 0.3) is 11.1 Å². The highest BCUT2D eigenvalue weighted by Gasteiger charge is 2.20. The molecule has 150 valence electrons. The Balaban J connectivity index is 1.47. The molecular formula is C28H32O. The minimum atomic E-state index is 0.652. The molecule has 3 aromatic carbocycles. The van der Waals surface area contributed by atoms with Crippen LogP contribution in [0.1, 0.15) is 61.3 Å². The Morgan fingerprint density at radius 2 is 1.55 bits per heavy atom. The first-order valence-corrected chi connectivity index (χ1v) is 11.2. The molecule has 0 saturated heterocycles. The maximum atomic E-state index is 5.71. The molecule has 29 heavy (non-hydrogen) atoms. The van der Waals surface area contributed by atoms with Crippen LogP contribution in [0.2, 0.25) is 0 Å². The second kappa shape index (κ2) is 9.31. The van der Waals surface area contributed by atoms with Crippen molar-refractivity contribution in [2.75, 3.05) is 6.61 Å². The quantitative estimate of drug-likeness (QED) is 0.413. The summed E-state index contributed by atoms with van der Waals surface area (Å²) in [5, 5.41) is 0. The van der Waals surface area contributed by atoms with Gasteiger partial charge >= 0.3 is 0 Å². The molecule has 0 spiro atoms. The fourth-order valence-corrected chi connectivity index (χ4v) is 4.43. The highest BCUT2D eigenvalue weighted by molar-refractivity contribution is 5.66. The van der Waals surface area contributed by atoms with Crippen molar-refractivity contribution in [3.8, 4) is 16.9 Å². The number of fused-ring (bicyclic) bond motifs is 1. The lowest BCUT2D eigenvalue weighted by Crippen LogP contribution is -2.13. The topological polar surface area (TPSA) is 9.23 Å². The molecule has 3 aromatic rings. The molecule has 0 N–H and O–H groups in total. The van der Waals surface area contributed by atoms with Gasteiger partial charge in [0.15, 0.2) is 0 Å². The van der Waals surface area contributed by atoms with Gasteiger partial charge < -0.3 is 4.74 Å². The van der Waals surface area contributed by atoms with Gasteiger partial charge in [0.2, 0.25) is 0 Å². The molecule has 1 heteroatoms. The number of hydrogen-bond acceptors (Lipinski definition) is 1. The summed E-state index contributed by atoms with van der Waals surface area (Å²) >= 11 is 0. The van der Waals surface area contributed by atoms with E-state index in [9.17, 15) is 0 Å². The van der Waals surface area contributed by atoms with E-state index in [0.29, 0.717) is 5.92 Å². The summed E-state index contributed by atoms with van der Waals surface area (Å²) in [6.07, 6.45) is 7.01. The number of ether oxygens (including phenoxy) is 1. The van der Waals surface area contributed by atoms with Crippen LogP contribution >= 0.6 is 0 Å². The molecule has 4 rings (SSSR count). The first-order valence-electron chi connectivity index (χ1n) is 11.2. The van der Waals surface area contributed by atoms with Gasteiger partial charge in [0, 0.05) is 0 Å². The number of rotatable bonds is 7. The van der Waals surface area contributed by atoms with Crippen LogP contribution in [-0.2, 0) is 19.3 Å². The van der Waals surface area contributed by atoms with Gasteiger partial charge in [0.05, 0.1) is 6.61 Å². The van der Waals surface area contributed by atoms with Crippen LogP contribution in [0.4, 0.5) is 0 Å². The predicted molar refractivity (Wildman–Crippen MR) is 123 cm³/mol. The fourth-order valence-electron chi connectivity index (χ4n) is 4.43. The van der Waals surface area contributed by atoms with Crippen LogP contribution in [0.15, 0.2) is 66.7 Å². The second-order valence-corrected chi connectivity index (χ2v) is 8.29. The van der Waals surface area contributed by atoms with Gasteiger partial charge in [-0.25, -0.2) is 0 Å². The van der Waals surface area contributed by atoms with Crippen LogP contribution in [0.3, 0.4) is 0 Å². The molecule has 0 bridgehead atoms. The third kappa shape index (κ3) is 4.72. The van der Waals surface area contributed by atoms with Crippen molar-refractivity contribution in [1.29, 1.82) is 0 Å². The van der Waals surface area contributed by atoms with Crippen molar-refractivity contribution >= 4 is 0 Å². The average Bonchev–Trinajstić information content (AvgIpc) is 2.78. The zero-order chi connectivity index (χ0) is 20.1. The first-order chi connectivity index (χ1) is 14.3. The van der Waals surface area contributed by atoms with E-state index in [4.69, 9.17) is 4.74 Å². The molecular weight excluding hydrogens is 352 g/mol. The van der Waals surface area contributed by atoms with E-state index in [1.54, 1.807) is 0 Å². The van der Waals surface area contributed by atoms with E-state index < -0.39 is 0 Å². The Morgan fingerprint density at radius 3 is 2.28 bits per heavy atom. The maximum absolute atomic E-state index is 5.71. The van der Waals surface area contributed by atoms with E-state index in [1.807, 2.05) is 0 Å². The highest BCUT2D eigenvalue weighted by atomic mass is 16.5. The van der Waals surface area contributed by atoms with Crippen molar-refractivity contribution in [1.82, 2.24) is 0 Å². The Kier molecular flexibility index (Phi) is 6.34. The Hall–Kier alpha value is -2.54. The smallest absolute Gasteiger partial charge is 0.119 e. The van der Waals surface area contributed by atoms with E-state index in [1.165, 1.54) is 59.1 Å². The predicted octanol–water partition coefficient (Wildman–Crippen LogP) is 7.37. The molecule has 0 fully saturated rings. The third-order valence-electron chi connectivity index (χ3n) is 6.09. The molecule has 1 atom stereocenters. The Labute approximate surface area is 175 Å². The second-order valence-electron chi connectivity index (χ2n) is 8.29. The largest absolute Gasteiger partial charge is 0.494 e. The summed E-state index contributed by atoms with van der Waals surface area (Å²) < 4.78 is 5.71. The van der Waals surface area contributed by atoms with E-state index >= 15 is 0 Å². The van der Waals surface area contributed by atoms with Crippen molar-refractivity contribution in [3.63, 3.8) is 0 Å². The molecule has 1 aliphatic rings. The van der Waals surface area contributed by atoms with Gasteiger partial charge in [0.25, 0.3) is 0 Å². The summed E-state index contributed by atoms with van der Waals surface area (Å²) in [6, 6.07) is 24.9. The van der Waals surface area contributed by atoms with E-state index in [2.05, 4.69) is 80.6 Å². The first kappa shape index (κ1) is 19.8. The summed E-state index contributed by atoms with van der Waals surface area (Å²) in [5.41, 5.74) is 8.59. The molecule has 0 saturated carbocycles. The number of benzene rings is 3. The maximum Gasteiger partial charge on any atom is 0.119 e. The standard InChI is InChI=1S/C28H32O/c1-3-5-21-6-8-22(9-7-21)24-10-12-27-20-25(11-13-26(27)19-24)23-14-16-28(17-15-23)29-18-4-2/h6-9,11,13-17,20,24H,3-5,10,12,18-19H2,1-2H3. The highest BCUT2D eigenvalue weighted by Crippen LogP contribution is 2.35. The van der Waals surface area contributed by atoms with Crippen molar-refractivity contribution in [2.45, 2.75) is 58.3 Å². The molecule has 0 heterocycles. The monoisotopic (exact) mass is 384 g/mol. The zero-order valence-corrected chi connectivity index (χ0v) is 17.8. The molecule has 1 aliphatic carbocycles. The summed E-state index contributed by atoms with van der Waals surface area (Å²) in [4.78, 5) is 0. The lowest BCUT2D eigenvalue weighted by molar-refractivity contribution is 0.317. The zero-order valence-electron chi connectivity index (χ0n) is 17.8. The molecule has 1 nitrogen and oxygen atoms in total. The van der Waals surface area contributed by atoms with Gasteiger partial charge in [-0.15, -0.1) is 0 Å². The van der Waals surface area contributed by atoms with E-state index in [0.717, 1.165) is 25.2 Å². The van der Waals surface area contributed by atoms with Gasteiger partial charge in [-0.05, 0) is 83.5 Å². The van der Waals surface area contributed by atoms with E-state index in [-0.39, 0.29) is 0 Å². The molecule has 0 aromatic heterocycles. The van der Waals surface area contributed by atoms with Crippen molar-refractivity contribution < 1.29 is 4.74 Å². The van der Waals surface area contributed by atoms with Crippen LogP contribution < -0.4 is 4.74 Å². The minimum Gasteiger partial charge on any atom is -0.494 e. The average molecular weight is 385 g/mol. The van der Waals surface area contributed by atoms with Crippen molar-refractivity contribution in [2.24, 2.45) is 0 Å².